The fourth-order valence-corrected chi connectivity index (χ4v) is 2.31. The molecule has 0 saturated carbocycles. The maximum absolute atomic E-state index is 11.8. The number of nitrogens with two attached hydrogens (primary N) is 1. The number of hydrazine groups is 1. The van der Waals surface area contributed by atoms with Gasteiger partial charge in [-0.15, -0.1) is 0 Å². The van der Waals surface area contributed by atoms with Gasteiger partial charge in [-0.1, -0.05) is 23.2 Å². The number of carbonyl (C=O) groups is 1. The number of carbonyl (C=O) groups excluding carboxylic acids is 1. The first-order valence-electron chi connectivity index (χ1n) is 5.03. The van der Waals surface area contributed by atoms with Crippen LogP contribution in [0.3, 0.4) is 0 Å². The van der Waals surface area contributed by atoms with Gasteiger partial charge in [0.15, 0.2) is 0 Å². The lowest BCUT2D eigenvalue weighted by Gasteiger charge is -2.32. The third-order valence-corrected chi connectivity index (χ3v) is 3.09. The third-order valence-electron chi connectivity index (χ3n) is 2.70. The molecule has 0 bridgehead atoms. The standard InChI is InChI=1S/C10H11Cl2N3O2/c11-7-1-5(2-8(12)14-7)9(10(16)15-13)6-3-17-4-6/h1-2,6,9H,3-4,13H2,(H,15,16). The third kappa shape index (κ3) is 2.69. The molecule has 1 atom stereocenters. The molecule has 5 nitrogen and oxygen atoms in total. The van der Waals surface area contributed by atoms with Crippen molar-refractivity contribution in [2.75, 3.05) is 13.2 Å². The summed E-state index contributed by atoms with van der Waals surface area (Å²) >= 11 is 11.6. The van der Waals surface area contributed by atoms with Crippen LogP contribution in [0.2, 0.25) is 10.3 Å². The van der Waals surface area contributed by atoms with E-state index in [1.54, 1.807) is 12.1 Å². The van der Waals surface area contributed by atoms with E-state index in [4.69, 9.17) is 33.8 Å². The van der Waals surface area contributed by atoms with Crippen molar-refractivity contribution in [3.05, 3.63) is 28.0 Å². The molecule has 17 heavy (non-hydrogen) atoms. The first-order valence-corrected chi connectivity index (χ1v) is 5.78. The molecule has 3 N–H and O–H groups in total. The van der Waals surface area contributed by atoms with Crippen LogP contribution in [0.15, 0.2) is 12.1 Å². The largest absolute Gasteiger partial charge is 0.381 e. The molecule has 1 saturated heterocycles. The fourth-order valence-electron chi connectivity index (χ4n) is 1.84. The molecule has 1 unspecified atom stereocenters. The molecule has 0 spiro atoms. The van der Waals surface area contributed by atoms with E-state index in [1.807, 2.05) is 0 Å². The molecule has 1 amide bonds. The number of halogens is 2. The Bertz CT molecular complexity index is 417. The molecular formula is C10H11Cl2N3O2. The maximum Gasteiger partial charge on any atom is 0.241 e. The predicted octanol–water partition coefficient (Wildman–Crippen LogP) is 1.11. The summed E-state index contributed by atoms with van der Waals surface area (Å²) in [5.74, 6) is 4.58. The number of ether oxygens (including phenoxy) is 1. The summed E-state index contributed by atoms with van der Waals surface area (Å²) in [4.78, 5) is 15.6. The highest BCUT2D eigenvalue weighted by molar-refractivity contribution is 6.32. The lowest BCUT2D eigenvalue weighted by atomic mass is 9.84. The van der Waals surface area contributed by atoms with Crippen molar-refractivity contribution in [1.82, 2.24) is 10.4 Å². The lowest BCUT2D eigenvalue weighted by Crippen LogP contribution is -2.43. The van der Waals surface area contributed by atoms with Crippen LogP contribution in [0.5, 0.6) is 0 Å². The second-order valence-corrected chi connectivity index (χ2v) is 4.60. The van der Waals surface area contributed by atoms with Gasteiger partial charge in [0.1, 0.15) is 10.3 Å². The molecule has 1 aliphatic rings. The zero-order valence-electron chi connectivity index (χ0n) is 8.82. The summed E-state index contributed by atoms with van der Waals surface area (Å²) in [5, 5.41) is 0.505. The molecule has 1 aliphatic heterocycles. The number of amides is 1. The van der Waals surface area contributed by atoms with Crippen LogP contribution >= 0.6 is 23.2 Å². The fraction of sp³-hybridized carbons (Fsp3) is 0.400. The number of rotatable bonds is 3. The van der Waals surface area contributed by atoms with E-state index in [2.05, 4.69) is 10.4 Å². The van der Waals surface area contributed by atoms with Crippen LogP contribution in [-0.2, 0) is 9.53 Å². The van der Waals surface area contributed by atoms with E-state index >= 15 is 0 Å². The number of nitrogens with zero attached hydrogens (tertiary/aromatic N) is 1. The second-order valence-electron chi connectivity index (χ2n) is 3.83. The van der Waals surface area contributed by atoms with Gasteiger partial charge >= 0.3 is 0 Å². The first kappa shape index (κ1) is 12.6. The van der Waals surface area contributed by atoms with Crippen LogP contribution in [-0.4, -0.2) is 24.1 Å². The Morgan fingerprint density at radius 2 is 2.06 bits per heavy atom. The average molecular weight is 276 g/mol. The second kappa shape index (κ2) is 5.18. The van der Waals surface area contributed by atoms with Crippen molar-refractivity contribution in [1.29, 1.82) is 0 Å². The van der Waals surface area contributed by atoms with Gasteiger partial charge < -0.3 is 4.74 Å². The summed E-state index contributed by atoms with van der Waals surface area (Å²) in [6.07, 6.45) is 0. The zero-order chi connectivity index (χ0) is 12.4. The topological polar surface area (TPSA) is 77.2 Å². The van der Waals surface area contributed by atoms with E-state index in [9.17, 15) is 4.79 Å². The van der Waals surface area contributed by atoms with Gasteiger partial charge in [-0.05, 0) is 17.7 Å². The molecule has 0 aliphatic carbocycles. The maximum atomic E-state index is 11.8. The van der Waals surface area contributed by atoms with E-state index in [0.717, 1.165) is 0 Å². The summed E-state index contributed by atoms with van der Waals surface area (Å²) in [6, 6.07) is 3.23. The minimum Gasteiger partial charge on any atom is -0.381 e. The molecule has 1 fully saturated rings. The summed E-state index contributed by atoms with van der Waals surface area (Å²) in [7, 11) is 0. The van der Waals surface area contributed by atoms with Crippen molar-refractivity contribution in [3.63, 3.8) is 0 Å². The molecule has 1 aromatic heterocycles. The van der Waals surface area contributed by atoms with Gasteiger partial charge in [0.25, 0.3) is 0 Å². The smallest absolute Gasteiger partial charge is 0.241 e. The van der Waals surface area contributed by atoms with Gasteiger partial charge in [-0.2, -0.15) is 0 Å². The van der Waals surface area contributed by atoms with E-state index in [0.29, 0.717) is 18.8 Å². The van der Waals surface area contributed by atoms with E-state index < -0.39 is 5.92 Å². The highest BCUT2D eigenvalue weighted by Crippen LogP contribution is 2.32. The number of pyridine rings is 1. The number of hydrogen-bond donors (Lipinski definition) is 2. The van der Waals surface area contributed by atoms with E-state index in [-0.39, 0.29) is 22.1 Å². The first-order chi connectivity index (χ1) is 8.11. The van der Waals surface area contributed by atoms with Gasteiger partial charge in [0.05, 0.1) is 19.1 Å². The Morgan fingerprint density at radius 1 is 1.47 bits per heavy atom. The Labute approximate surface area is 108 Å². The Balaban J connectivity index is 2.33. The van der Waals surface area contributed by atoms with Crippen molar-refractivity contribution < 1.29 is 9.53 Å². The Kier molecular flexibility index (Phi) is 3.83. The summed E-state index contributed by atoms with van der Waals surface area (Å²) < 4.78 is 5.09. The summed E-state index contributed by atoms with van der Waals surface area (Å²) in [5.41, 5.74) is 2.85. The Hall–Kier alpha value is -0.880. The highest BCUT2D eigenvalue weighted by Gasteiger charge is 2.35. The van der Waals surface area contributed by atoms with Crippen molar-refractivity contribution in [2.24, 2.45) is 11.8 Å². The van der Waals surface area contributed by atoms with E-state index in [1.165, 1.54) is 0 Å². The van der Waals surface area contributed by atoms with Crippen molar-refractivity contribution in [3.8, 4) is 0 Å². The van der Waals surface area contributed by atoms with Crippen molar-refractivity contribution >= 4 is 29.1 Å². The monoisotopic (exact) mass is 275 g/mol. The van der Waals surface area contributed by atoms with Crippen LogP contribution in [0.25, 0.3) is 0 Å². The minimum absolute atomic E-state index is 0.0908. The molecule has 1 aromatic rings. The summed E-state index contributed by atoms with van der Waals surface area (Å²) in [6.45, 7) is 1.05. The normalized spacial score (nSPS) is 17.4. The van der Waals surface area contributed by atoms with Crippen LogP contribution in [0, 0.1) is 5.92 Å². The molecular weight excluding hydrogens is 265 g/mol. The Morgan fingerprint density at radius 3 is 2.47 bits per heavy atom. The highest BCUT2D eigenvalue weighted by atomic mass is 35.5. The van der Waals surface area contributed by atoms with Crippen molar-refractivity contribution in [2.45, 2.75) is 5.92 Å². The molecule has 7 heteroatoms. The van der Waals surface area contributed by atoms with Gasteiger partial charge in [0.2, 0.25) is 5.91 Å². The number of nitrogens with one attached hydrogen (secondary N) is 1. The molecule has 0 aromatic carbocycles. The average Bonchev–Trinajstić information content (AvgIpc) is 2.20. The number of aromatic nitrogens is 1. The van der Waals surface area contributed by atoms with Gasteiger partial charge in [-0.25, -0.2) is 10.8 Å². The van der Waals surface area contributed by atoms with Gasteiger partial charge in [-0.3, -0.25) is 10.2 Å². The van der Waals surface area contributed by atoms with Crippen LogP contribution < -0.4 is 11.3 Å². The van der Waals surface area contributed by atoms with Crippen LogP contribution in [0.1, 0.15) is 11.5 Å². The molecule has 92 valence electrons. The molecule has 2 heterocycles. The van der Waals surface area contributed by atoms with Crippen LogP contribution in [0.4, 0.5) is 0 Å². The predicted molar refractivity (Wildman–Crippen MR) is 63.6 cm³/mol. The number of hydrogen-bond acceptors (Lipinski definition) is 4. The minimum atomic E-state index is -0.410. The lowest BCUT2D eigenvalue weighted by molar-refractivity contribution is -0.129. The quantitative estimate of drug-likeness (QED) is 0.375. The van der Waals surface area contributed by atoms with Gasteiger partial charge in [0, 0.05) is 5.92 Å². The molecule has 2 rings (SSSR count). The SMILES string of the molecule is NNC(=O)C(c1cc(Cl)nc(Cl)c1)C1COC1. The molecule has 0 radical (unpaired) electrons. The zero-order valence-corrected chi connectivity index (χ0v) is 10.3.